The molecule has 0 bridgehead atoms. The van der Waals surface area contributed by atoms with E-state index in [1.165, 1.54) is 0 Å². The molecule has 0 unspecified atom stereocenters. The fourth-order valence-corrected chi connectivity index (χ4v) is 2.74. The summed E-state index contributed by atoms with van der Waals surface area (Å²) >= 11 is 0. The Balaban J connectivity index is 2.08. The third-order valence-corrected chi connectivity index (χ3v) is 3.88. The molecule has 1 saturated heterocycles. The molecule has 5 heteroatoms. The van der Waals surface area contributed by atoms with E-state index < -0.39 is 0 Å². The number of nitrogens with one attached hydrogen (secondary N) is 1. The van der Waals surface area contributed by atoms with E-state index in [9.17, 15) is 4.79 Å². The zero-order valence-corrected chi connectivity index (χ0v) is 13.0. The standard InChI is InChI=1S/C16H24N2O3/c1-18(16(19)13-8-4-5-10-17-13)11-12-7-6-9-14(20-2)15(12)21-3/h6-7,9,13,17H,4-5,8,10-11H2,1-3H3/t13-/m1/s1. The molecule has 5 nitrogen and oxygen atoms in total. The molecule has 1 aromatic rings. The number of carbonyl (C=O) groups is 1. The molecule has 1 aromatic carbocycles. The summed E-state index contributed by atoms with van der Waals surface area (Å²) in [4.78, 5) is 14.2. The number of methoxy groups -OCH3 is 2. The van der Waals surface area contributed by atoms with Crippen molar-refractivity contribution in [2.24, 2.45) is 0 Å². The summed E-state index contributed by atoms with van der Waals surface area (Å²) in [5, 5.41) is 3.29. The van der Waals surface area contributed by atoms with Gasteiger partial charge in [-0.15, -0.1) is 0 Å². The van der Waals surface area contributed by atoms with Crippen molar-refractivity contribution in [3.8, 4) is 11.5 Å². The Labute approximate surface area is 126 Å². The molecule has 21 heavy (non-hydrogen) atoms. The summed E-state index contributed by atoms with van der Waals surface area (Å²) in [6, 6.07) is 5.67. The first-order valence-corrected chi connectivity index (χ1v) is 7.35. The molecule has 0 saturated carbocycles. The summed E-state index contributed by atoms with van der Waals surface area (Å²) in [7, 11) is 5.06. The zero-order chi connectivity index (χ0) is 15.2. The van der Waals surface area contributed by atoms with E-state index in [1.807, 2.05) is 25.2 Å². The van der Waals surface area contributed by atoms with Gasteiger partial charge in [-0.2, -0.15) is 0 Å². The van der Waals surface area contributed by atoms with Gasteiger partial charge in [0.25, 0.3) is 0 Å². The smallest absolute Gasteiger partial charge is 0.239 e. The van der Waals surface area contributed by atoms with Gasteiger partial charge >= 0.3 is 0 Å². The highest BCUT2D eigenvalue weighted by Gasteiger charge is 2.24. The highest BCUT2D eigenvalue weighted by Crippen LogP contribution is 2.31. The molecule has 0 aromatic heterocycles. The van der Waals surface area contributed by atoms with Crippen LogP contribution in [-0.2, 0) is 11.3 Å². The number of rotatable bonds is 5. The summed E-state index contributed by atoms with van der Waals surface area (Å²) in [5.74, 6) is 1.52. The van der Waals surface area contributed by atoms with Crippen LogP contribution in [-0.4, -0.2) is 44.7 Å². The number of piperidine rings is 1. The van der Waals surface area contributed by atoms with Crippen LogP contribution in [0.2, 0.25) is 0 Å². The predicted molar refractivity (Wildman–Crippen MR) is 81.7 cm³/mol. The lowest BCUT2D eigenvalue weighted by molar-refractivity contribution is -0.133. The van der Waals surface area contributed by atoms with Gasteiger partial charge in [0.2, 0.25) is 5.91 Å². The van der Waals surface area contributed by atoms with Crippen LogP contribution in [0, 0.1) is 0 Å². The predicted octanol–water partition coefficient (Wildman–Crippen LogP) is 1.80. The molecular formula is C16H24N2O3. The molecular weight excluding hydrogens is 268 g/mol. The third-order valence-electron chi connectivity index (χ3n) is 3.88. The number of para-hydroxylation sites is 1. The Kier molecular flexibility index (Phi) is 5.44. The Morgan fingerprint density at radius 3 is 2.76 bits per heavy atom. The van der Waals surface area contributed by atoms with Gasteiger partial charge in [-0.05, 0) is 25.5 Å². The van der Waals surface area contributed by atoms with Crippen LogP contribution in [0.25, 0.3) is 0 Å². The zero-order valence-electron chi connectivity index (χ0n) is 13.0. The van der Waals surface area contributed by atoms with Gasteiger partial charge in [0.1, 0.15) is 0 Å². The van der Waals surface area contributed by atoms with Gasteiger partial charge in [0.05, 0.1) is 20.3 Å². The number of hydrogen-bond acceptors (Lipinski definition) is 4. The van der Waals surface area contributed by atoms with Crippen LogP contribution >= 0.6 is 0 Å². The van der Waals surface area contributed by atoms with Crippen LogP contribution in [0.5, 0.6) is 11.5 Å². The highest BCUT2D eigenvalue weighted by molar-refractivity contribution is 5.81. The van der Waals surface area contributed by atoms with E-state index in [-0.39, 0.29) is 11.9 Å². The second-order valence-corrected chi connectivity index (χ2v) is 5.35. The van der Waals surface area contributed by atoms with Crippen LogP contribution in [0.1, 0.15) is 24.8 Å². The maximum Gasteiger partial charge on any atom is 0.239 e. The van der Waals surface area contributed by atoms with Gasteiger partial charge in [0.15, 0.2) is 11.5 Å². The maximum atomic E-state index is 12.4. The van der Waals surface area contributed by atoms with Crippen molar-refractivity contribution < 1.29 is 14.3 Å². The minimum Gasteiger partial charge on any atom is -0.493 e. The molecule has 0 spiro atoms. The summed E-state index contributed by atoms with van der Waals surface area (Å²) in [5.41, 5.74) is 0.948. The van der Waals surface area contributed by atoms with E-state index in [1.54, 1.807) is 19.1 Å². The molecule has 1 heterocycles. The van der Waals surface area contributed by atoms with Gasteiger partial charge in [0, 0.05) is 19.2 Å². The minimum absolute atomic E-state index is 0.0552. The minimum atomic E-state index is -0.0552. The lowest BCUT2D eigenvalue weighted by Crippen LogP contribution is -2.47. The van der Waals surface area contributed by atoms with Gasteiger partial charge in [-0.3, -0.25) is 4.79 Å². The molecule has 1 amide bonds. The van der Waals surface area contributed by atoms with Gasteiger partial charge in [-0.25, -0.2) is 0 Å². The number of nitrogens with zero attached hydrogens (tertiary/aromatic N) is 1. The first-order chi connectivity index (χ1) is 10.2. The van der Waals surface area contributed by atoms with Crippen LogP contribution < -0.4 is 14.8 Å². The molecule has 1 aliphatic heterocycles. The number of amides is 1. The van der Waals surface area contributed by atoms with Crippen LogP contribution in [0.4, 0.5) is 0 Å². The Morgan fingerprint density at radius 2 is 2.14 bits per heavy atom. The molecule has 1 N–H and O–H groups in total. The Hall–Kier alpha value is -1.75. The van der Waals surface area contributed by atoms with E-state index in [0.29, 0.717) is 18.0 Å². The normalized spacial score (nSPS) is 18.1. The number of benzene rings is 1. The summed E-state index contributed by atoms with van der Waals surface area (Å²) < 4.78 is 10.7. The second kappa shape index (κ2) is 7.31. The van der Waals surface area contributed by atoms with E-state index in [2.05, 4.69) is 5.32 Å². The Morgan fingerprint density at radius 1 is 1.33 bits per heavy atom. The lowest BCUT2D eigenvalue weighted by atomic mass is 10.0. The number of likely N-dealkylation sites (N-methyl/N-ethyl adjacent to an activating group) is 1. The lowest BCUT2D eigenvalue weighted by Gasteiger charge is -2.28. The van der Waals surface area contributed by atoms with Crippen molar-refractivity contribution in [1.82, 2.24) is 10.2 Å². The van der Waals surface area contributed by atoms with Gasteiger partial charge < -0.3 is 19.7 Å². The molecule has 0 radical (unpaired) electrons. The molecule has 1 fully saturated rings. The first kappa shape index (κ1) is 15.6. The first-order valence-electron chi connectivity index (χ1n) is 7.35. The average molecular weight is 292 g/mol. The average Bonchev–Trinajstić information content (AvgIpc) is 2.54. The molecule has 116 valence electrons. The molecule has 1 atom stereocenters. The fraction of sp³-hybridized carbons (Fsp3) is 0.562. The topological polar surface area (TPSA) is 50.8 Å². The Bertz CT molecular complexity index is 484. The maximum absolute atomic E-state index is 12.4. The van der Waals surface area contributed by atoms with Gasteiger partial charge in [-0.1, -0.05) is 18.6 Å². The molecule has 2 rings (SSSR count). The van der Waals surface area contributed by atoms with Crippen molar-refractivity contribution in [2.45, 2.75) is 31.8 Å². The van der Waals surface area contributed by atoms with Crippen molar-refractivity contribution in [3.05, 3.63) is 23.8 Å². The van der Waals surface area contributed by atoms with Crippen LogP contribution in [0.3, 0.4) is 0 Å². The number of carbonyl (C=O) groups excluding carboxylic acids is 1. The largest absolute Gasteiger partial charge is 0.493 e. The van der Waals surface area contributed by atoms with Crippen molar-refractivity contribution >= 4 is 5.91 Å². The number of ether oxygens (including phenoxy) is 2. The monoisotopic (exact) mass is 292 g/mol. The van der Waals surface area contributed by atoms with E-state index in [4.69, 9.17) is 9.47 Å². The van der Waals surface area contributed by atoms with Crippen molar-refractivity contribution in [1.29, 1.82) is 0 Å². The molecule has 0 aliphatic carbocycles. The van der Waals surface area contributed by atoms with Crippen molar-refractivity contribution in [3.63, 3.8) is 0 Å². The van der Waals surface area contributed by atoms with Crippen molar-refractivity contribution in [2.75, 3.05) is 27.8 Å². The SMILES string of the molecule is COc1cccc(CN(C)C(=O)[C@H]2CCCCN2)c1OC. The summed E-state index contributed by atoms with van der Waals surface area (Å²) in [6.45, 7) is 1.43. The van der Waals surface area contributed by atoms with E-state index >= 15 is 0 Å². The number of hydrogen-bond donors (Lipinski definition) is 1. The van der Waals surface area contributed by atoms with Crippen LogP contribution in [0.15, 0.2) is 18.2 Å². The summed E-state index contributed by atoms with van der Waals surface area (Å²) in [6.07, 6.45) is 3.18. The molecule has 1 aliphatic rings. The third kappa shape index (κ3) is 3.67. The fourth-order valence-electron chi connectivity index (χ4n) is 2.74. The quantitative estimate of drug-likeness (QED) is 0.899. The highest BCUT2D eigenvalue weighted by atomic mass is 16.5. The second-order valence-electron chi connectivity index (χ2n) is 5.35. The van der Waals surface area contributed by atoms with E-state index in [0.717, 1.165) is 31.4 Å².